The van der Waals surface area contributed by atoms with Crippen molar-refractivity contribution in [2.45, 2.75) is 0 Å². The number of carbonyl (C=O) groups excluding carboxylic acids is 1. The van der Waals surface area contributed by atoms with Crippen molar-refractivity contribution >= 4 is 29.0 Å². The van der Waals surface area contributed by atoms with E-state index in [0.29, 0.717) is 10.6 Å². The van der Waals surface area contributed by atoms with Crippen LogP contribution in [0.1, 0.15) is 10.4 Å². The van der Waals surface area contributed by atoms with Crippen LogP contribution in [0.2, 0.25) is 0 Å². The van der Waals surface area contributed by atoms with E-state index in [1.54, 1.807) is 60.7 Å². The predicted octanol–water partition coefficient (Wildman–Crippen LogP) is 3.39. The van der Waals surface area contributed by atoms with Gasteiger partial charge in [0, 0.05) is 10.6 Å². The lowest BCUT2D eigenvalue weighted by molar-refractivity contribution is 0.0599. The summed E-state index contributed by atoms with van der Waals surface area (Å²) in [6.45, 7) is 0. The van der Waals surface area contributed by atoms with Crippen LogP contribution >= 0.6 is 7.14 Å². The van der Waals surface area contributed by atoms with E-state index in [1.165, 1.54) is 0 Å². The first-order valence-corrected chi connectivity index (χ1v) is 9.48. The molecule has 3 rings (SSSR count). The second-order valence-electron chi connectivity index (χ2n) is 5.56. The van der Waals surface area contributed by atoms with Crippen molar-refractivity contribution in [1.82, 2.24) is 0 Å². The summed E-state index contributed by atoms with van der Waals surface area (Å²) >= 11 is 0. The molecule has 3 aromatic rings. The third-order valence-corrected chi connectivity index (χ3v) is 7.10. The lowest BCUT2D eigenvalue weighted by Crippen LogP contribution is -2.30. The second kappa shape index (κ2) is 7.22. The highest BCUT2D eigenvalue weighted by Crippen LogP contribution is 2.44. The van der Waals surface area contributed by atoms with Crippen LogP contribution in [0.15, 0.2) is 72.8 Å². The summed E-state index contributed by atoms with van der Waals surface area (Å²) in [6, 6.07) is 18.1. The first-order chi connectivity index (χ1) is 12.5. The maximum atomic E-state index is 14.9. The predicted molar refractivity (Wildman–Crippen MR) is 97.1 cm³/mol. The van der Waals surface area contributed by atoms with E-state index in [1.807, 2.05) is 0 Å². The van der Waals surface area contributed by atoms with Gasteiger partial charge in [0.25, 0.3) is 0 Å². The lowest BCUT2D eigenvalue weighted by atomic mass is 10.2. The Morgan fingerprint density at radius 1 is 0.846 bits per heavy atom. The fourth-order valence-electron chi connectivity index (χ4n) is 2.79. The third-order valence-electron chi connectivity index (χ3n) is 3.99. The number of carbonyl (C=O) groups is 1. The molecule has 0 saturated heterocycles. The molecule has 0 aliphatic heterocycles. The summed E-state index contributed by atoms with van der Waals surface area (Å²) in [4.78, 5) is 11.6. The number of hydrogen-bond acceptors (Lipinski definition) is 3. The Morgan fingerprint density at radius 3 is 1.65 bits per heavy atom. The van der Waals surface area contributed by atoms with E-state index in [2.05, 4.69) is 4.74 Å². The van der Waals surface area contributed by atoms with Crippen LogP contribution < -0.4 is 15.9 Å². The van der Waals surface area contributed by atoms with Crippen molar-refractivity contribution in [3.05, 3.63) is 90.0 Å². The van der Waals surface area contributed by atoms with Crippen molar-refractivity contribution in [1.29, 1.82) is 0 Å². The summed E-state index contributed by atoms with van der Waals surface area (Å²) in [5.41, 5.74) is -0.279. The van der Waals surface area contributed by atoms with E-state index < -0.39 is 30.1 Å². The Labute approximate surface area is 149 Å². The van der Waals surface area contributed by atoms with Crippen LogP contribution in [-0.4, -0.2) is 13.1 Å². The number of benzene rings is 3. The molecule has 0 saturated carbocycles. The highest BCUT2D eigenvalue weighted by atomic mass is 31.2. The van der Waals surface area contributed by atoms with Crippen LogP contribution in [0.25, 0.3) is 0 Å². The van der Waals surface area contributed by atoms with Gasteiger partial charge in [0.15, 0.2) is 7.14 Å². The normalized spacial score (nSPS) is 11.2. The molecular formula is C20H15F2O3P. The molecule has 26 heavy (non-hydrogen) atoms. The van der Waals surface area contributed by atoms with Crippen LogP contribution in [0.4, 0.5) is 8.78 Å². The maximum absolute atomic E-state index is 14.9. The molecule has 0 aromatic heterocycles. The minimum Gasteiger partial charge on any atom is -0.465 e. The molecule has 0 N–H and O–H groups in total. The first kappa shape index (κ1) is 18.0. The van der Waals surface area contributed by atoms with E-state index in [9.17, 15) is 18.1 Å². The molecule has 3 aromatic carbocycles. The van der Waals surface area contributed by atoms with Gasteiger partial charge in [-0.05, 0) is 12.1 Å². The van der Waals surface area contributed by atoms with E-state index in [4.69, 9.17) is 0 Å². The van der Waals surface area contributed by atoms with Crippen molar-refractivity contribution in [2.75, 3.05) is 7.11 Å². The van der Waals surface area contributed by atoms with Crippen LogP contribution in [0.5, 0.6) is 0 Å². The molecule has 0 unspecified atom stereocenters. The molecule has 0 amide bonds. The zero-order chi connectivity index (χ0) is 18.7. The molecule has 0 fully saturated rings. The highest BCUT2D eigenvalue weighted by Gasteiger charge is 2.36. The van der Waals surface area contributed by atoms with Gasteiger partial charge in [-0.25, -0.2) is 13.6 Å². The van der Waals surface area contributed by atoms with Gasteiger partial charge in [-0.2, -0.15) is 0 Å². The van der Waals surface area contributed by atoms with Gasteiger partial charge in [-0.1, -0.05) is 60.7 Å². The van der Waals surface area contributed by atoms with E-state index in [0.717, 1.165) is 19.2 Å². The minimum atomic E-state index is -3.81. The Morgan fingerprint density at radius 2 is 1.27 bits per heavy atom. The summed E-state index contributed by atoms with van der Waals surface area (Å²) in [5, 5.41) is 0.0483. The molecule has 6 heteroatoms. The number of esters is 1. The fourth-order valence-corrected chi connectivity index (χ4v) is 5.51. The number of methoxy groups -OCH3 is 1. The SMILES string of the molecule is COC(=O)c1cc(F)c(P(=O)(c2ccccc2)c2ccccc2)c(F)c1. The average molecular weight is 372 g/mol. The molecule has 0 spiro atoms. The summed E-state index contributed by atoms with van der Waals surface area (Å²) in [5.74, 6) is -2.98. The van der Waals surface area contributed by atoms with Gasteiger partial charge < -0.3 is 9.30 Å². The van der Waals surface area contributed by atoms with Crippen molar-refractivity contribution in [2.24, 2.45) is 0 Å². The van der Waals surface area contributed by atoms with E-state index in [-0.39, 0.29) is 5.56 Å². The zero-order valence-corrected chi connectivity index (χ0v) is 14.8. The smallest absolute Gasteiger partial charge is 0.338 e. The van der Waals surface area contributed by atoms with Gasteiger partial charge in [0.2, 0.25) is 0 Å². The molecule has 0 heterocycles. The molecule has 0 aliphatic carbocycles. The Kier molecular flexibility index (Phi) is 5.01. The summed E-state index contributed by atoms with van der Waals surface area (Å²) in [7, 11) is -2.70. The molecule has 0 atom stereocenters. The van der Waals surface area contributed by atoms with Gasteiger partial charge in [-0.15, -0.1) is 0 Å². The molecule has 0 radical (unpaired) electrons. The Bertz CT molecular complexity index is 922. The Balaban J connectivity index is 2.32. The topological polar surface area (TPSA) is 43.4 Å². The number of ether oxygens (including phenoxy) is 1. The lowest BCUT2D eigenvalue weighted by Gasteiger charge is -2.21. The van der Waals surface area contributed by atoms with Crippen molar-refractivity contribution in [3.8, 4) is 0 Å². The van der Waals surface area contributed by atoms with Gasteiger partial charge in [0.05, 0.1) is 18.0 Å². The van der Waals surface area contributed by atoms with Crippen LogP contribution in [0, 0.1) is 11.6 Å². The molecule has 132 valence electrons. The number of rotatable bonds is 4. The third kappa shape index (κ3) is 3.06. The van der Waals surface area contributed by atoms with Crippen molar-refractivity contribution in [3.63, 3.8) is 0 Å². The van der Waals surface area contributed by atoms with Gasteiger partial charge in [-0.3, -0.25) is 0 Å². The standard InChI is InChI=1S/C20H15F2O3P/c1-25-20(23)14-12-17(21)19(18(22)13-14)26(24,15-8-4-2-5-9-15)16-10-6-3-7-11-16/h2-13H,1H3. The Hall–Kier alpha value is -2.78. The molecule has 3 nitrogen and oxygen atoms in total. The zero-order valence-electron chi connectivity index (χ0n) is 13.9. The van der Waals surface area contributed by atoms with Crippen LogP contribution in [0.3, 0.4) is 0 Å². The maximum Gasteiger partial charge on any atom is 0.338 e. The molecule has 0 bridgehead atoms. The first-order valence-electron chi connectivity index (χ1n) is 7.77. The highest BCUT2D eigenvalue weighted by molar-refractivity contribution is 7.85. The monoisotopic (exact) mass is 372 g/mol. The summed E-state index contributed by atoms with van der Waals surface area (Å²) < 4.78 is 48.2. The minimum absolute atomic E-state index is 0.279. The molecular weight excluding hydrogens is 357 g/mol. The largest absolute Gasteiger partial charge is 0.465 e. The second-order valence-corrected chi connectivity index (χ2v) is 8.26. The van der Waals surface area contributed by atoms with Gasteiger partial charge >= 0.3 is 5.97 Å². The quantitative estimate of drug-likeness (QED) is 0.521. The molecule has 0 aliphatic rings. The van der Waals surface area contributed by atoms with Gasteiger partial charge in [0.1, 0.15) is 11.6 Å². The van der Waals surface area contributed by atoms with Crippen molar-refractivity contribution < 1.29 is 22.9 Å². The van der Waals surface area contributed by atoms with Crippen LogP contribution in [-0.2, 0) is 9.30 Å². The van der Waals surface area contributed by atoms with E-state index >= 15 is 0 Å². The fraction of sp³-hybridized carbons (Fsp3) is 0.0500. The summed E-state index contributed by atoms with van der Waals surface area (Å²) in [6.07, 6.45) is 0. The number of halogens is 2. The number of hydrogen-bond donors (Lipinski definition) is 0. The average Bonchev–Trinajstić information content (AvgIpc) is 2.67.